The van der Waals surface area contributed by atoms with Crippen LogP contribution in [0.2, 0.25) is 0 Å². The van der Waals surface area contributed by atoms with Gasteiger partial charge in [0, 0.05) is 57.7 Å². The Balaban J connectivity index is 0.00000261. The molecule has 2 heterocycles. The molecular formula is C19H26FIN6. The molecule has 0 unspecified atom stereocenters. The quantitative estimate of drug-likeness (QED) is 0.411. The second-order valence-electron chi connectivity index (χ2n) is 6.51. The minimum absolute atomic E-state index is 0. The van der Waals surface area contributed by atoms with E-state index in [1.807, 2.05) is 43.3 Å². The van der Waals surface area contributed by atoms with Gasteiger partial charge in [-0.3, -0.25) is 0 Å². The van der Waals surface area contributed by atoms with E-state index in [2.05, 4.69) is 19.8 Å². The predicted molar refractivity (Wildman–Crippen MR) is 119 cm³/mol. The van der Waals surface area contributed by atoms with E-state index in [-0.39, 0.29) is 29.8 Å². The first-order valence-electron chi connectivity index (χ1n) is 8.71. The van der Waals surface area contributed by atoms with Crippen molar-refractivity contribution in [2.45, 2.75) is 6.54 Å². The van der Waals surface area contributed by atoms with Gasteiger partial charge in [-0.15, -0.1) is 24.0 Å². The third kappa shape index (κ3) is 5.44. The molecule has 1 aliphatic rings. The lowest BCUT2D eigenvalue weighted by Gasteiger charge is -2.36. The molecule has 8 heteroatoms. The maximum Gasteiger partial charge on any atom is 0.191 e. The van der Waals surface area contributed by atoms with Gasteiger partial charge >= 0.3 is 0 Å². The van der Waals surface area contributed by atoms with E-state index in [0.717, 1.165) is 43.2 Å². The van der Waals surface area contributed by atoms with Gasteiger partial charge < -0.3 is 20.4 Å². The highest BCUT2D eigenvalue weighted by molar-refractivity contribution is 14.0. The smallest absolute Gasteiger partial charge is 0.191 e. The highest BCUT2D eigenvalue weighted by Crippen LogP contribution is 2.18. The Labute approximate surface area is 176 Å². The molecule has 2 N–H and O–H groups in total. The Morgan fingerprint density at radius 2 is 1.81 bits per heavy atom. The lowest BCUT2D eigenvalue weighted by Crippen LogP contribution is -2.51. The van der Waals surface area contributed by atoms with Gasteiger partial charge in [0.15, 0.2) is 5.96 Å². The summed E-state index contributed by atoms with van der Waals surface area (Å²) in [5, 5.41) is 0. The van der Waals surface area contributed by atoms with Crippen LogP contribution in [0.4, 0.5) is 15.9 Å². The zero-order chi connectivity index (χ0) is 18.5. The zero-order valence-electron chi connectivity index (χ0n) is 15.7. The molecule has 1 saturated heterocycles. The molecule has 146 valence electrons. The number of nitrogens with zero attached hydrogens (tertiary/aromatic N) is 5. The first-order valence-corrected chi connectivity index (χ1v) is 8.71. The summed E-state index contributed by atoms with van der Waals surface area (Å²) in [5.74, 6) is 1.25. The molecule has 3 rings (SSSR count). The maximum atomic E-state index is 13.1. The molecule has 0 radical (unpaired) electrons. The summed E-state index contributed by atoms with van der Waals surface area (Å²) in [5.41, 5.74) is 8.28. The fraction of sp³-hybridized carbons (Fsp3) is 0.368. The van der Waals surface area contributed by atoms with E-state index >= 15 is 0 Å². The van der Waals surface area contributed by atoms with Crippen molar-refractivity contribution in [2.24, 2.45) is 10.7 Å². The number of aliphatic imine (C=N–C) groups is 1. The van der Waals surface area contributed by atoms with E-state index in [4.69, 9.17) is 5.73 Å². The molecule has 0 atom stereocenters. The molecule has 0 saturated carbocycles. The summed E-state index contributed by atoms with van der Waals surface area (Å²) in [6.45, 7) is 3.75. The summed E-state index contributed by atoms with van der Waals surface area (Å²) < 4.78 is 13.1. The van der Waals surface area contributed by atoms with Crippen LogP contribution in [-0.2, 0) is 6.54 Å². The summed E-state index contributed by atoms with van der Waals surface area (Å²) in [6, 6.07) is 10.5. The van der Waals surface area contributed by atoms with Crippen LogP contribution in [0, 0.1) is 5.82 Å². The average Bonchev–Trinajstić information content (AvgIpc) is 2.67. The van der Waals surface area contributed by atoms with Crippen molar-refractivity contribution in [2.75, 3.05) is 50.1 Å². The van der Waals surface area contributed by atoms with Crippen molar-refractivity contribution in [3.8, 4) is 0 Å². The van der Waals surface area contributed by atoms with Crippen LogP contribution >= 0.6 is 24.0 Å². The molecule has 1 aromatic heterocycles. The van der Waals surface area contributed by atoms with E-state index in [1.165, 1.54) is 12.1 Å². The Kier molecular flexibility index (Phi) is 7.64. The molecule has 0 amide bonds. The monoisotopic (exact) mass is 484 g/mol. The number of hydrogen-bond donors (Lipinski definition) is 1. The van der Waals surface area contributed by atoms with Crippen molar-refractivity contribution in [3.63, 3.8) is 0 Å². The third-order valence-electron chi connectivity index (χ3n) is 4.50. The molecular weight excluding hydrogens is 458 g/mol. The maximum absolute atomic E-state index is 13.1. The van der Waals surface area contributed by atoms with Gasteiger partial charge in [0.25, 0.3) is 0 Å². The molecule has 0 bridgehead atoms. The number of rotatable bonds is 4. The van der Waals surface area contributed by atoms with Gasteiger partial charge in [-0.2, -0.15) is 0 Å². The fourth-order valence-corrected chi connectivity index (χ4v) is 3.07. The second-order valence-corrected chi connectivity index (χ2v) is 6.51. The Morgan fingerprint density at radius 3 is 2.44 bits per heavy atom. The Hall–Kier alpha value is -2.10. The number of nitrogens with two attached hydrogens (primary N) is 1. The molecule has 1 aliphatic heterocycles. The van der Waals surface area contributed by atoms with Crippen LogP contribution in [0.5, 0.6) is 0 Å². The van der Waals surface area contributed by atoms with Gasteiger partial charge in [0.1, 0.15) is 11.6 Å². The molecule has 2 aromatic rings. The number of piperazine rings is 1. The SMILES string of the molecule is CN(C)c1ncccc1CN=C(N)N1CCN(c2ccc(F)cc2)CC1.I. The minimum Gasteiger partial charge on any atom is -0.370 e. The summed E-state index contributed by atoms with van der Waals surface area (Å²) in [7, 11) is 3.93. The van der Waals surface area contributed by atoms with Crippen molar-refractivity contribution >= 4 is 41.4 Å². The molecule has 1 fully saturated rings. The molecule has 0 aliphatic carbocycles. The average molecular weight is 484 g/mol. The summed E-state index contributed by atoms with van der Waals surface area (Å²) in [6.07, 6.45) is 1.78. The van der Waals surface area contributed by atoms with Gasteiger partial charge in [-0.25, -0.2) is 14.4 Å². The third-order valence-corrected chi connectivity index (χ3v) is 4.50. The highest BCUT2D eigenvalue weighted by Gasteiger charge is 2.18. The van der Waals surface area contributed by atoms with Crippen LogP contribution in [-0.4, -0.2) is 56.1 Å². The predicted octanol–water partition coefficient (Wildman–Crippen LogP) is 2.54. The summed E-state index contributed by atoms with van der Waals surface area (Å²) >= 11 is 0. The van der Waals surface area contributed by atoms with Gasteiger partial charge in [0.05, 0.1) is 6.54 Å². The fourth-order valence-electron chi connectivity index (χ4n) is 3.07. The Bertz CT molecular complexity index is 757. The second kappa shape index (κ2) is 9.72. The van der Waals surface area contributed by atoms with Gasteiger partial charge in [0.2, 0.25) is 0 Å². The lowest BCUT2D eigenvalue weighted by atomic mass is 10.2. The van der Waals surface area contributed by atoms with Crippen molar-refractivity contribution in [1.29, 1.82) is 0 Å². The van der Waals surface area contributed by atoms with Crippen LogP contribution in [0.3, 0.4) is 0 Å². The number of hydrogen-bond acceptors (Lipinski definition) is 4. The zero-order valence-corrected chi connectivity index (χ0v) is 18.0. The minimum atomic E-state index is -0.212. The topological polar surface area (TPSA) is 61.0 Å². The van der Waals surface area contributed by atoms with Crippen molar-refractivity contribution < 1.29 is 4.39 Å². The molecule has 0 spiro atoms. The number of benzene rings is 1. The Morgan fingerprint density at radius 1 is 1.15 bits per heavy atom. The van der Waals surface area contributed by atoms with E-state index in [9.17, 15) is 4.39 Å². The first-order chi connectivity index (χ1) is 12.5. The highest BCUT2D eigenvalue weighted by atomic mass is 127. The standard InChI is InChI=1S/C19H25FN6.HI/c1-24(2)18-15(4-3-9-22-18)14-23-19(21)26-12-10-25(11-13-26)17-7-5-16(20)6-8-17;/h3-9H,10-14H2,1-2H3,(H2,21,23);1H. The van der Waals surface area contributed by atoms with Crippen LogP contribution in [0.1, 0.15) is 5.56 Å². The molecule has 1 aromatic carbocycles. The van der Waals surface area contributed by atoms with Crippen LogP contribution in [0.25, 0.3) is 0 Å². The van der Waals surface area contributed by atoms with E-state index < -0.39 is 0 Å². The summed E-state index contributed by atoms with van der Waals surface area (Å²) in [4.78, 5) is 15.2. The van der Waals surface area contributed by atoms with Crippen molar-refractivity contribution in [1.82, 2.24) is 9.88 Å². The normalized spacial score (nSPS) is 14.7. The number of guanidine groups is 1. The number of anilines is 2. The molecule has 6 nitrogen and oxygen atoms in total. The van der Waals surface area contributed by atoms with Crippen LogP contribution < -0.4 is 15.5 Å². The van der Waals surface area contributed by atoms with E-state index in [1.54, 1.807) is 6.20 Å². The number of pyridine rings is 1. The van der Waals surface area contributed by atoms with Crippen LogP contribution in [0.15, 0.2) is 47.6 Å². The lowest BCUT2D eigenvalue weighted by molar-refractivity contribution is 0.380. The first kappa shape index (κ1) is 21.2. The van der Waals surface area contributed by atoms with Gasteiger partial charge in [-0.05, 0) is 30.3 Å². The van der Waals surface area contributed by atoms with E-state index in [0.29, 0.717) is 12.5 Å². The largest absolute Gasteiger partial charge is 0.370 e. The number of halogens is 2. The van der Waals surface area contributed by atoms with Crippen molar-refractivity contribution in [3.05, 3.63) is 54.0 Å². The molecule has 27 heavy (non-hydrogen) atoms. The van der Waals surface area contributed by atoms with Gasteiger partial charge in [-0.1, -0.05) is 6.07 Å². The number of aromatic nitrogens is 1.